The number of unbranched alkanes of at least 4 members (excludes halogenated alkanes) is 33. The number of aliphatic hydroxyl groups excluding tert-OH is 1. The lowest BCUT2D eigenvalue weighted by atomic mass is 10.0. The van der Waals surface area contributed by atoms with Gasteiger partial charge in [-0.05, 0) is 70.6 Å². The van der Waals surface area contributed by atoms with Gasteiger partial charge in [0.2, 0.25) is 5.91 Å². The molecule has 0 saturated carbocycles. The van der Waals surface area contributed by atoms with Gasteiger partial charge < -0.3 is 20.1 Å². The Balaban J connectivity index is 3.52. The number of amides is 1. The summed E-state index contributed by atoms with van der Waals surface area (Å²) in [5.41, 5.74) is 0. The SMILES string of the molecule is CCCCC/C=C\C/C=C\CCCCCCCCCCCCCCCC(=O)NCCOP(=O)(O)OCC(O)COC(=O)CCCCCCCCCCCCC/C=C/CCCCCCCC. The highest BCUT2D eigenvalue weighted by atomic mass is 31.2. The van der Waals surface area contributed by atoms with Crippen LogP contribution in [-0.2, 0) is 27.9 Å². The molecule has 0 aromatic carbocycles. The third kappa shape index (κ3) is 53.1. The molecule has 10 heteroatoms. The predicted octanol–water partition coefficient (Wildman–Crippen LogP) is 16.5. The van der Waals surface area contributed by atoms with Gasteiger partial charge in [-0.15, -0.1) is 0 Å². The maximum atomic E-state index is 12.2. The van der Waals surface area contributed by atoms with Crippen LogP contribution in [0.25, 0.3) is 0 Å². The fraction of sp³-hybridized carbons (Fsp3) is 0.855. The van der Waals surface area contributed by atoms with Gasteiger partial charge in [0.05, 0.1) is 13.2 Å². The standard InChI is InChI=1S/C55H104NO8P/c1-3-5-7-9-11-13-15-17-19-21-23-25-26-28-29-31-33-35-37-39-41-43-45-47-54(58)56-49-50-63-65(60,61)64-52-53(57)51-62-55(59)48-46-44-42-40-38-36-34-32-30-27-24-22-20-18-16-14-12-10-8-6-4-2/h11,13,17-20,53,57H,3-10,12,14-16,21-52H2,1-2H3,(H,56,58)(H,60,61)/b13-11-,19-17-,20-18+. The Hall–Kier alpha value is -1.77. The Morgan fingerprint density at radius 1 is 0.477 bits per heavy atom. The number of hydrogen-bond donors (Lipinski definition) is 3. The first-order chi connectivity index (χ1) is 31.8. The number of phosphoric acid groups is 1. The molecule has 382 valence electrons. The summed E-state index contributed by atoms with van der Waals surface area (Å²) in [4.78, 5) is 34.1. The summed E-state index contributed by atoms with van der Waals surface area (Å²) in [6, 6.07) is 0. The number of hydrogen-bond acceptors (Lipinski definition) is 7. The third-order valence-corrected chi connectivity index (χ3v) is 13.0. The van der Waals surface area contributed by atoms with Crippen molar-refractivity contribution in [3.63, 3.8) is 0 Å². The number of esters is 1. The molecule has 0 aliphatic heterocycles. The molecule has 1 amide bonds. The number of aliphatic hydroxyl groups is 1. The Kier molecular flexibility index (Phi) is 50.2. The van der Waals surface area contributed by atoms with E-state index in [1.807, 2.05) is 0 Å². The van der Waals surface area contributed by atoms with Crippen molar-refractivity contribution in [1.29, 1.82) is 0 Å². The van der Waals surface area contributed by atoms with E-state index in [-0.39, 0.29) is 32.1 Å². The minimum atomic E-state index is -4.42. The summed E-state index contributed by atoms with van der Waals surface area (Å²) in [5, 5.41) is 12.8. The molecule has 9 nitrogen and oxygen atoms in total. The molecule has 0 aliphatic carbocycles. The highest BCUT2D eigenvalue weighted by molar-refractivity contribution is 7.47. The van der Waals surface area contributed by atoms with E-state index >= 15 is 0 Å². The van der Waals surface area contributed by atoms with E-state index < -0.39 is 26.5 Å². The molecule has 0 rings (SSSR count). The average molecular weight is 938 g/mol. The van der Waals surface area contributed by atoms with E-state index in [9.17, 15) is 24.2 Å². The molecule has 0 saturated heterocycles. The molecule has 0 aromatic rings. The van der Waals surface area contributed by atoms with E-state index in [0.717, 1.165) is 44.9 Å². The minimum Gasteiger partial charge on any atom is -0.463 e. The predicted molar refractivity (Wildman–Crippen MR) is 275 cm³/mol. The van der Waals surface area contributed by atoms with Crippen molar-refractivity contribution in [3.8, 4) is 0 Å². The second kappa shape index (κ2) is 51.6. The quantitative estimate of drug-likeness (QED) is 0.0238. The number of allylic oxidation sites excluding steroid dienone is 6. The van der Waals surface area contributed by atoms with Crippen molar-refractivity contribution >= 4 is 19.7 Å². The fourth-order valence-corrected chi connectivity index (χ4v) is 8.64. The molecular weight excluding hydrogens is 834 g/mol. The van der Waals surface area contributed by atoms with Crippen molar-refractivity contribution in [3.05, 3.63) is 36.5 Å². The molecule has 0 fully saturated rings. The number of ether oxygens (including phenoxy) is 1. The van der Waals surface area contributed by atoms with E-state index in [1.165, 1.54) is 199 Å². The molecule has 65 heavy (non-hydrogen) atoms. The summed E-state index contributed by atoms with van der Waals surface area (Å²) in [7, 11) is -4.42. The van der Waals surface area contributed by atoms with Gasteiger partial charge in [0, 0.05) is 19.4 Å². The molecule has 2 atom stereocenters. The van der Waals surface area contributed by atoms with Crippen LogP contribution in [0.2, 0.25) is 0 Å². The Bertz CT molecular complexity index is 1160. The highest BCUT2D eigenvalue weighted by Crippen LogP contribution is 2.42. The van der Waals surface area contributed by atoms with Crippen LogP contribution in [0, 0.1) is 0 Å². The van der Waals surface area contributed by atoms with Crippen LogP contribution < -0.4 is 5.32 Å². The number of carbonyl (C=O) groups is 2. The molecule has 0 aliphatic rings. The zero-order chi connectivity index (χ0) is 47.4. The van der Waals surface area contributed by atoms with Crippen LogP contribution in [0.4, 0.5) is 0 Å². The second-order valence-electron chi connectivity index (χ2n) is 18.5. The molecule has 0 heterocycles. The highest BCUT2D eigenvalue weighted by Gasteiger charge is 2.23. The second-order valence-corrected chi connectivity index (χ2v) is 20.0. The monoisotopic (exact) mass is 938 g/mol. The van der Waals surface area contributed by atoms with Gasteiger partial charge in [-0.25, -0.2) is 4.57 Å². The molecule has 0 spiro atoms. The number of nitrogens with one attached hydrogen (secondary N) is 1. The number of carbonyl (C=O) groups excluding carboxylic acids is 2. The maximum Gasteiger partial charge on any atom is 0.472 e. The summed E-state index contributed by atoms with van der Waals surface area (Å²) in [6.07, 6.45) is 60.9. The molecule has 0 bridgehead atoms. The number of phosphoric ester groups is 1. The first-order valence-electron chi connectivity index (χ1n) is 27.5. The van der Waals surface area contributed by atoms with Crippen molar-refractivity contribution in [2.45, 2.75) is 277 Å². The van der Waals surface area contributed by atoms with Gasteiger partial charge in [-0.1, -0.05) is 224 Å². The average Bonchev–Trinajstić information content (AvgIpc) is 3.29. The Morgan fingerprint density at radius 2 is 0.831 bits per heavy atom. The molecule has 0 aromatic heterocycles. The first kappa shape index (κ1) is 63.2. The Labute approximate surface area is 401 Å². The smallest absolute Gasteiger partial charge is 0.463 e. The lowest BCUT2D eigenvalue weighted by Gasteiger charge is -2.15. The van der Waals surface area contributed by atoms with E-state index in [1.54, 1.807) is 0 Å². The van der Waals surface area contributed by atoms with Crippen molar-refractivity contribution < 1.29 is 37.9 Å². The molecule has 3 N–H and O–H groups in total. The van der Waals surface area contributed by atoms with Crippen LogP contribution in [-0.4, -0.2) is 54.3 Å². The van der Waals surface area contributed by atoms with Gasteiger partial charge in [-0.3, -0.25) is 18.6 Å². The normalized spacial score (nSPS) is 13.4. The topological polar surface area (TPSA) is 131 Å². The van der Waals surface area contributed by atoms with Gasteiger partial charge >= 0.3 is 13.8 Å². The zero-order valence-electron chi connectivity index (χ0n) is 42.4. The largest absolute Gasteiger partial charge is 0.472 e. The van der Waals surface area contributed by atoms with Crippen LogP contribution in [0.3, 0.4) is 0 Å². The fourth-order valence-electron chi connectivity index (χ4n) is 7.88. The number of rotatable bonds is 52. The molecular formula is C55H104NO8P. The summed E-state index contributed by atoms with van der Waals surface area (Å²) in [6.45, 7) is 3.57. The minimum absolute atomic E-state index is 0.0828. The van der Waals surface area contributed by atoms with Crippen LogP contribution in [0.15, 0.2) is 36.5 Å². The summed E-state index contributed by atoms with van der Waals surface area (Å²) < 4.78 is 27.0. The molecule has 2 unspecified atom stereocenters. The Morgan fingerprint density at radius 3 is 1.28 bits per heavy atom. The van der Waals surface area contributed by atoms with E-state index in [2.05, 4.69) is 55.6 Å². The van der Waals surface area contributed by atoms with Gasteiger partial charge in [-0.2, -0.15) is 0 Å². The van der Waals surface area contributed by atoms with Gasteiger partial charge in [0.15, 0.2) is 0 Å². The van der Waals surface area contributed by atoms with Crippen LogP contribution in [0.5, 0.6) is 0 Å². The zero-order valence-corrected chi connectivity index (χ0v) is 43.3. The summed E-state index contributed by atoms with van der Waals surface area (Å²) in [5.74, 6) is -0.508. The third-order valence-electron chi connectivity index (χ3n) is 12.0. The van der Waals surface area contributed by atoms with Crippen molar-refractivity contribution in [2.24, 2.45) is 0 Å². The van der Waals surface area contributed by atoms with E-state index in [0.29, 0.717) is 6.42 Å². The lowest BCUT2D eigenvalue weighted by molar-refractivity contribution is -0.147. The van der Waals surface area contributed by atoms with Crippen molar-refractivity contribution in [2.75, 3.05) is 26.4 Å². The molecule has 0 radical (unpaired) electrons. The van der Waals surface area contributed by atoms with E-state index in [4.69, 9.17) is 13.8 Å². The summed E-state index contributed by atoms with van der Waals surface area (Å²) >= 11 is 0. The van der Waals surface area contributed by atoms with Gasteiger partial charge in [0.25, 0.3) is 0 Å². The first-order valence-corrected chi connectivity index (χ1v) is 29.0. The lowest BCUT2D eigenvalue weighted by Crippen LogP contribution is -2.27. The van der Waals surface area contributed by atoms with Crippen LogP contribution in [0.1, 0.15) is 271 Å². The van der Waals surface area contributed by atoms with Gasteiger partial charge in [0.1, 0.15) is 12.7 Å². The maximum absolute atomic E-state index is 12.2. The van der Waals surface area contributed by atoms with Crippen LogP contribution >= 0.6 is 7.82 Å². The van der Waals surface area contributed by atoms with Crippen molar-refractivity contribution in [1.82, 2.24) is 5.32 Å².